The highest BCUT2D eigenvalue weighted by atomic mass is 19.1. The van der Waals surface area contributed by atoms with Crippen LogP contribution < -0.4 is 10.6 Å². The Bertz CT molecular complexity index is 278. The average Bonchev–Trinajstić information content (AvgIpc) is 2.70. The van der Waals surface area contributed by atoms with Gasteiger partial charge < -0.3 is 10.6 Å². The molecule has 0 saturated carbocycles. The van der Waals surface area contributed by atoms with Crippen molar-refractivity contribution in [1.29, 1.82) is 0 Å². The maximum Gasteiger partial charge on any atom is 0.123 e. The highest BCUT2D eigenvalue weighted by Crippen LogP contribution is 2.08. The van der Waals surface area contributed by atoms with Crippen LogP contribution in [0.1, 0.15) is 12.8 Å². The van der Waals surface area contributed by atoms with Crippen molar-refractivity contribution in [2.24, 2.45) is 0 Å². The van der Waals surface area contributed by atoms with Crippen LogP contribution in [0, 0.1) is 5.82 Å². The van der Waals surface area contributed by atoms with Crippen LogP contribution >= 0.6 is 0 Å². The maximum atomic E-state index is 12.6. The van der Waals surface area contributed by atoms with Gasteiger partial charge >= 0.3 is 0 Å². The highest BCUT2D eigenvalue weighted by molar-refractivity contribution is 5.42. The molecule has 1 saturated heterocycles. The molecular weight excluding hydrogens is 179 g/mol. The number of nitrogens with two attached hydrogens (primary N) is 1. The van der Waals surface area contributed by atoms with Crippen LogP contribution in [0.4, 0.5) is 10.1 Å². The predicted octanol–water partition coefficient (Wildman–Crippen LogP) is 0.963. The van der Waals surface area contributed by atoms with Gasteiger partial charge in [0.05, 0.1) is 13.1 Å². The SMILES string of the molecule is Fc1ccc(NC[C@H]2CCC[NH2+]2)cc1. The summed E-state index contributed by atoms with van der Waals surface area (Å²) in [4.78, 5) is 0. The lowest BCUT2D eigenvalue weighted by Gasteiger charge is -2.09. The highest BCUT2D eigenvalue weighted by Gasteiger charge is 2.17. The molecule has 1 aliphatic rings. The van der Waals surface area contributed by atoms with Gasteiger partial charge in [-0.05, 0) is 24.3 Å². The van der Waals surface area contributed by atoms with E-state index in [1.807, 2.05) is 0 Å². The third kappa shape index (κ3) is 2.45. The Morgan fingerprint density at radius 1 is 1.36 bits per heavy atom. The van der Waals surface area contributed by atoms with Gasteiger partial charge in [-0.25, -0.2) is 4.39 Å². The Morgan fingerprint density at radius 3 is 2.79 bits per heavy atom. The molecule has 0 aliphatic carbocycles. The first-order valence-corrected chi connectivity index (χ1v) is 5.17. The van der Waals surface area contributed by atoms with Crippen molar-refractivity contribution in [3.8, 4) is 0 Å². The van der Waals surface area contributed by atoms with Crippen LogP contribution in [0.15, 0.2) is 24.3 Å². The molecule has 2 rings (SSSR count). The molecular formula is C11H16FN2+. The Morgan fingerprint density at radius 2 is 2.14 bits per heavy atom. The van der Waals surface area contributed by atoms with E-state index < -0.39 is 0 Å². The summed E-state index contributed by atoms with van der Waals surface area (Å²) in [5.41, 5.74) is 1.01. The summed E-state index contributed by atoms with van der Waals surface area (Å²) in [5.74, 6) is -0.178. The minimum atomic E-state index is -0.178. The van der Waals surface area contributed by atoms with Crippen molar-refractivity contribution < 1.29 is 9.71 Å². The monoisotopic (exact) mass is 195 g/mol. The van der Waals surface area contributed by atoms with E-state index in [2.05, 4.69) is 10.6 Å². The summed E-state index contributed by atoms with van der Waals surface area (Å²) < 4.78 is 12.6. The second-order valence-electron chi connectivity index (χ2n) is 3.81. The predicted molar refractivity (Wildman–Crippen MR) is 54.7 cm³/mol. The van der Waals surface area contributed by atoms with Gasteiger partial charge in [0.2, 0.25) is 0 Å². The number of nitrogens with one attached hydrogen (secondary N) is 1. The molecule has 1 aromatic carbocycles. The summed E-state index contributed by atoms with van der Waals surface area (Å²) in [6.07, 6.45) is 2.60. The molecule has 3 heteroatoms. The zero-order valence-corrected chi connectivity index (χ0v) is 8.17. The standard InChI is InChI=1S/C11H15FN2/c12-9-3-5-10(6-4-9)14-8-11-2-1-7-13-11/h3-6,11,13-14H,1-2,7-8H2/p+1/t11-/m1/s1. The maximum absolute atomic E-state index is 12.6. The van der Waals surface area contributed by atoms with Gasteiger partial charge in [-0.15, -0.1) is 0 Å². The molecule has 3 N–H and O–H groups in total. The first-order chi connectivity index (χ1) is 6.84. The van der Waals surface area contributed by atoms with Crippen LogP contribution in [-0.2, 0) is 0 Å². The largest absolute Gasteiger partial charge is 0.379 e. The molecule has 0 radical (unpaired) electrons. The number of anilines is 1. The number of quaternary nitrogens is 1. The van der Waals surface area contributed by atoms with Crippen LogP contribution in [0.25, 0.3) is 0 Å². The van der Waals surface area contributed by atoms with Gasteiger partial charge in [-0.2, -0.15) is 0 Å². The lowest BCUT2D eigenvalue weighted by molar-refractivity contribution is -0.666. The lowest BCUT2D eigenvalue weighted by Crippen LogP contribution is -2.87. The smallest absolute Gasteiger partial charge is 0.123 e. The fourth-order valence-electron chi connectivity index (χ4n) is 1.85. The molecule has 14 heavy (non-hydrogen) atoms. The first kappa shape index (κ1) is 9.46. The summed E-state index contributed by atoms with van der Waals surface area (Å²) in [7, 11) is 0. The van der Waals surface area contributed by atoms with E-state index in [4.69, 9.17) is 0 Å². The molecule has 1 aliphatic heterocycles. The van der Waals surface area contributed by atoms with E-state index in [1.54, 1.807) is 12.1 Å². The van der Waals surface area contributed by atoms with Crippen molar-refractivity contribution in [2.75, 3.05) is 18.4 Å². The Kier molecular flexibility index (Phi) is 2.99. The van der Waals surface area contributed by atoms with Crippen molar-refractivity contribution in [1.82, 2.24) is 0 Å². The molecule has 1 atom stereocenters. The van der Waals surface area contributed by atoms with Gasteiger partial charge in [-0.3, -0.25) is 0 Å². The number of rotatable bonds is 3. The second kappa shape index (κ2) is 4.42. The number of hydrogen-bond acceptors (Lipinski definition) is 1. The Balaban J connectivity index is 1.82. The second-order valence-corrected chi connectivity index (χ2v) is 3.81. The van der Waals surface area contributed by atoms with Crippen LogP contribution in [0.5, 0.6) is 0 Å². The van der Waals surface area contributed by atoms with Crippen molar-refractivity contribution in [3.05, 3.63) is 30.1 Å². The average molecular weight is 195 g/mol. The molecule has 0 bridgehead atoms. The van der Waals surface area contributed by atoms with Gasteiger partial charge in [0.25, 0.3) is 0 Å². The van der Waals surface area contributed by atoms with Gasteiger partial charge in [0.15, 0.2) is 0 Å². The summed E-state index contributed by atoms with van der Waals surface area (Å²) >= 11 is 0. The minimum Gasteiger partial charge on any atom is -0.379 e. The van der Waals surface area contributed by atoms with E-state index in [1.165, 1.54) is 31.5 Å². The molecule has 0 spiro atoms. The summed E-state index contributed by atoms with van der Waals surface area (Å²) in [6.45, 7) is 2.22. The lowest BCUT2D eigenvalue weighted by atomic mass is 10.2. The normalized spacial score (nSPS) is 21.1. The number of benzene rings is 1. The van der Waals surface area contributed by atoms with Crippen molar-refractivity contribution in [3.63, 3.8) is 0 Å². The van der Waals surface area contributed by atoms with Gasteiger partial charge in [0, 0.05) is 18.5 Å². The Hall–Kier alpha value is -1.09. The number of halogens is 1. The van der Waals surface area contributed by atoms with E-state index in [0.717, 1.165) is 12.2 Å². The topological polar surface area (TPSA) is 28.6 Å². The quantitative estimate of drug-likeness (QED) is 0.739. The zero-order chi connectivity index (χ0) is 9.80. The third-order valence-electron chi connectivity index (χ3n) is 2.69. The molecule has 1 aromatic rings. The summed E-state index contributed by atoms with van der Waals surface area (Å²) in [5, 5.41) is 5.69. The van der Waals surface area contributed by atoms with Crippen LogP contribution in [0.2, 0.25) is 0 Å². The molecule has 1 fully saturated rings. The van der Waals surface area contributed by atoms with Gasteiger partial charge in [-0.1, -0.05) is 0 Å². The fourth-order valence-corrected chi connectivity index (χ4v) is 1.85. The van der Waals surface area contributed by atoms with E-state index in [0.29, 0.717) is 6.04 Å². The van der Waals surface area contributed by atoms with E-state index >= 15 is 0 Å². The Labute approximate surface area is 83.5 Å². The molecule has 0 amide bonds. The van der Waals surface area contributed by atoms with Crippen molar-refractivity contribution in [2.45, 2.75) is 18.9 Å². The van der Waals surface area contributed by atoms with E-state index in [-0.39, 0.29) is 5.82 Å². The van der Waals surface area contributed by atoms with E-state index in [9.17, 15) is 4.39 Å². The zero-order valence-electron chi connectivity index (χ0n) is 8.17. The molecule has 0 unspecified atom stereocenters. The van der Waals surface area contributed by atoms with Crippen LogP contribution in [-0.4, -0.2) is 19.1 Å². The van der Waals surface area contributed by atoms with Crippen molar-refractivity contribution >= 4 is 5.69 Å². The molecule has 0 aromatic heterocycles. The minimum absolute atomic E-state index is 0.178. The molecule has 2 nitrogen and oxygen atoms in total. The molecule has 76 valence electrons. The number of hydrogen-bond donors (Lipinski definition) is 2. The van der Waals surface area contributed by atoms with Crippen LogP contribution in [0.3, 0.4) is 0 Å². The summed E-state index contributed by atoms with van der Waals surface area (Å²) in [6, 6.07) is 7.23. The fraction of sp³-hybridized carbons (Fsp3) is 0.455. The first-order valence-electron chi connectivity index (χ1n) is 5.17. The third-order valence-corrected chi connectivity index (χ3v) is 2.69. The molecule has 1 heterocycles. The van der Waals surface area contributed by atoms with Gasteiger partial charge in [0.1, 0.15) is 11.9 Å².